The molecule has 2 rings (SSSR count). The lowest BCUT2D eigenvalue weighted by Crippen LogP contribution is -2.30. The van der Waals surface area contributed by atoms with Crippen molar-refractivity contribution in [1.82, 2.24) is 0 Å². The van der Waals surface area contributed by atoms with Crippen LogP contribution in [0.1, 0.15) is 11.5 Å². The molecule has 2 unspecified atom stereocenters. The minimum Gasteiger partial charge on any atom is -0.463 e. The van der Waals surface area contributed by atoms with Gasteiger partial charge in [0.25, 0.3) is 0 Å². The monoisotopic (exact) mass is 282 g/mol. The van der Waals surface area contributed by atoms with Gasteiger partial charge in [-0.15, -0.1) is 0 Å². The molecule has 1 N–H and O–H groups in total. The number of ether oxygens (including phenoxy) is 1. The number of aliphatic hydroxyl groups is 1. The molecule has 1 aromatic carbocycles. The Morgan fingerprint density at radius 3 is 2.60 bits per heavy atom. The van der Waals surface area contributed by atoms with E-state index in [1.54, 1.807) is 6.07 Å². The van der Waals surface area contributed by atoms with E-state index in [2.05, 4.69) is 15.9 Å². The summed E-state index contributed by atoms with van der Waals surface area (Å²) in [6.45, 7) is 0. The first-order valence-corrected chi connectivity index (χ1v) is 4.90. The van der Waals surface area contributed by atoms with Gasteiger partial charge in [-0.1, -0.05) is 12.1 Å². The van der Waals surface area contributed by atoms with Crippen molar-refractivity contribution in [3.63, 3.8) is 0 Å². The Labute approximate surface area is 91.8 Å². The summed E-state index contributed by atoms with van der Waals surface area (Å²) >= 11 is 3.07. The lowest BCUT2D eigenvalue weighted by atomic mass is 10.00. The van der Waals surface area contributed by atoms with E-state index in [0.29, 0.717) is 4.47 Å². The molecular weight excluding hydrogens is 277 g/mol. The fraction of sp³-hybridized carbons (Fsp3) is 0.333. The number of para-hydroxylation sites is 1. The predicted molar refractivity (Wildman–Crippen MR) is 49.6 cm³/mol. The van der Waals surface area contributed by atoms with Gasteiger partial charge in [-0.25, -0.2) is 0 Å². The summed E-state index contributed by atoms with van der Waals surface area (Å²) in [7, 11) is 0. The van der Waals surface area contributed by atoms with Gasteiger partial charge in [-0.2, -0.15) is 13.2 Å². The molecule has 1 heterocycles. The van der Waals surface area contributed by atoms with Crippen LogP contribution in [-0.2, 0) is 0 Å². The minimum atomic E-state index is -4.51. The molecule has 6 heteroatoms. The summed E-state index contributed by atoms with van der Waals surface area (Å²) in [5.41, 5.74) is -0.0376. The molecule has 1 aromatic rings. The van der Waals surface area contributed by atoms with Gasteiger partial charge in [0, 0.05) is 5.56 Å². The van der Waals surface area contributed by atoms with Gasteiger partial charge in [0.15, 0.2) is 0 Å². The Bertz CT molecular complexity index is 391. The maximum absolute atomic E-state index is 12.6. The van der Waals surface area contributed by atoms with E-state index in [4.69, 9.17) is 4.74 Å². The molecule has 0 spiro atoms. The number of benzene rings is 1. The minimum absolute atomic E-state index is 0.0376. The van der Waals surface area contributed by atoms with Crippen molar-refractivity contribution < 1.29 is 23.0 Å². The fourth-order valence-corrected chi connectivity index (χ4v) is 2.05. The van der Waals surface area contributed by atoms with Gasteiger partial charge in [0.05, 0.1) is 4.47 Å². The molecule has 2 nitrogen and oxygen atoms in total. The number of alkyl halides is 3. The Hall–Kier alpha value is -0.750. The number of rotatable bonds is 0. The van der Waals surface area contributed by atoms with E-state index in [-0.39, 0.29) is 11.3 Å². The molecule has 82 valence electrons. The van der Waals surface area contributed by atoms with Crippen LogP contribution in [0.5, 0.6) is 5.75 Å². The van der Waals surface area contributed by atoms with Crippen LogP contribution in [-0.4, -0.2) is 17.6 Å². The van der Waals surface area contributed by atoms with Crippen molar-refractivity contribution in [2.24, 2.45) is 0 Å². The molecule has 1 aliphatic rings. The topological polar surface area (TPSA) is 29.5 Å². The van der Waals surface area contributed by atoms with Crippen molar-refractivity contribution in [3.05, 3.63) is 28.2 Å². The highest BCUT2D eigenvalue weighted by Gasteiger charge is 2.51. The first kappa shape index (κ1) is 10.8. The van der Waals surface area contributed by atoms with E-state index in [1.807, 2.05) is 0 Å². The number of hydrogen-bond acceptors (Lipinski definition) is 2. The maximum atomic E-state index is 12.6. The highest BCUT2D eigenvalue weighted by Crippen LogP contribution is 2.49. The van der Waals surface area contributed by atoms with Crippen LogP contribution in [0.2, 0.25) is 0 Å². The lowest BCUT2D eigenvalue weighted by molar-refractivity contribution is -0.191. The highest BCUT2D eigenvalue weighted by atomic mass is 79.9. The number of aliphatic hydroxyl groups excluding tert-OH is 1. The van der Waals surface area contributed by atoms with Crippen LogP contribution in [0, 0.1) is 0 Å². The van der Waals surface area contributed by atoms with Gasteiger partial charge in [-0.05, 0) is 22.0 Å². The molecule has 0 saturated carbocycles. The summed E-state index contributed by atoms with van der Waals surface area (Å²) in [5.74, 6) is -1.91. The van der Waals surface area contributed by atoms with Gasteiger partial charge < -0.3 is 9.84 Å². The Balaban J connectivity index is 2.51. The van der Waals surface area contributed by atoms with Crippen LogP contribution in [0.15, 0.2) is 22.7 Å². The first-order chi connectivity index (χ1) is 6.91. The van der Waals surface area contributed by atoms with Crippen molar-refractivity contribution in [2.75, 3.05) is 0 Å². The zero-order valence-corrected chi connectivity index (χ0v) is 8.84. The molecule has 0 saturated heterocycles. The van der Waals surface area contributed by atoms with Crippen LogP contribution in [0.25, 0.3) is 0 Å². The Kier molecular flexibility index (Phi) is 2.42. The highest BCUT2D eigenvalue weighted by molar-refractivity contribution is 9.10. The third-order valence-electron chi connectivity index (χ3n) is 2.21. The van der Waals surface area contributed by atoms with Crippen LogP contribution < -0.4 is 4.74 Å². The zero-order valence-electron chi connectivity index (χ0n) is 7.25. The van der Waals surface area contributed by atoms with Crippen LogP contribution in [0.4, 0.5) is 13.2 Å². The van der Waals surface area contributed by atoms with E-state index >= 15 is 0 Å². The maximum Gasteiger partial charge on any atom is 0.401 e. The standard InChI is InChI=1S/C9H6BrF3O2/c10-5-3-1-2-4-6(9(11,12)13)8(14)15-7(4)5/h1-3,6,8,14H. The second kappa shape index (κ2) is 3.38. The second-order valence-electron chi connectivity index (χ2n) is 3.19. The quantitative estimate of drug-likeness (QED) is 0.793. The van der Waals surface area contributed by atoms with Crippen LogP contribution in [0.3, 0.4) is 0 Å². The molecule has 0 aromatic heterocycles. The molecular formula is C9H6BrF3O2. The first-order valence-electron chi connectivity index (χ1n) is 4.11. The smallest absolute Gasteiger partial charge is 0.401 e. The average Bonchev–Trinajstić information content (AvgIpc) is 2.41. The summed E-state index contributed by atoms with van der Waals surface area (Å²) in [6, 6.07) is 4.34. The molecule has 2 atom stereocenters. The third-order valence-corrected chi connectivity index (χ3v) is 2.83. The van der Waals surface area contributed by atoms with Crippen LogP contribution >= 0.6 is 15.9 Å². The molecule has 1 aliphatic heterocycles. The molecule has 15 heavy (non-hydrogen) atoms. The zero-order chi connectivity index (χ0) is 11.2. The largest absolute Gasteiger partial charge is 0.463 e. The number of hydrogen-bond donors (Lipinski definition) is 1. The van der Waals surface area contributed by atoms with Gasteiger partial charge in [0.1, 0.15) is 11.7 Å². The van der Waals surface area contributed by atoms with E-state index in [1.165, 1.54) is 12.1 Å². The summed E-state index contributed by atoms with van der Waals surface area (Å²) < 4.78 is 42.9. The Morgan fingerprint density at radius 2 is 2.00 bits per heavy atom. The fourth-order valence-electron chi connectivity index (χ4n) is 1.58. The molecule has 0 aliphatic carbocycles. The van der Waals surface area contributed by atoms with Crippen molar-refractivity contribution in [2.45, 2.75) is 18.4 Å². The lowest BCUT2D eigenvalue weighted by Gasteiger charge is -2.16. The third kappa shape index (κ3) is 1.72. The van der Waals surface area contributed by atoms with Crippen molar-refractivity contribution >= 4 is 15.9 Å². The molecule has 0 fully saturated rings. The molecule has 0 bridgehead atoms. The normalized spacial score (nSPS) is 24.9. The average molecular weight is 283 g/mol. The van der Waals surface area contributed by atoms with Gasteiger partial charge >= 0.3 is 6.18 Å². The Morgan fingerprint density at radius 1 is 1.33 bits per heavy atom. The van der Waals surface area contributed by atoms with E-state index < -0.39 is 18.4 Å². The second-order valence-corrected chi connectivity index (χ2v) is 4.04. The summed E-state index contributed by atoms with van der Waals surface area (Å²) in [4.78, 5) is 0. The predicted octanol–water partition coefficient (Wildman–Crippen LogP) is 2.81. The number of halogens is 4. The SMILES string of the molecule is OC1Oc2c(Br)cccc2C1C(F)(F)F. The van der Waals surface area contributed by atoms with Gasteiger partial charge in [-0.3, -0.25) is 0 Å². The summed E-state index contributed by atoms with van der Waals surface area (Å²) in [6.07, 6.45) is -6.37. The van der Waals surface area contributed by atoms with Crippen molar-refractivity contribution in [1.29, 1.82) is 0 Å². The number of fused-ring (bicyclic) bond motifs is 1. The van der Waals surface area contributed by atoms with Gasteiger partial charge in [0.2, 0.25) is 6.29 Å². The van der Waals surface area contributed by atoms with E-state index in [9.17, 15) is 18.3 Å². The van der Waals surface area contributed by atoms with E-state index in [0.717, 1.165) is 0 Å². The van der Waals surface area contributed by atoms with Crippen molar-refractivity contribution in [3.8, 4) is 5.75 Å². The molecule has 0 radical (unpaired) electrons. The summed E-state index contributed by atoms with van der Waals surface area (Å²) in [5, 5.41) is 9.21. The molecule has 0 amide bonds.